The van der Waals surface area contributed by atoms with Gasteiger partial charge >= 0.3 is 0 Å². The van der Waals surface area contributed by atoms with Gasteiger partial charge in [0, 0.05) is 32.9 Å². The average molecular weight is 437 g/mol. The van der Waals surface area contributed by atoms with Crippen LogP contribution in [-0.2, 0) is 0 Å². The number of rotatable bonds is 2. The van der Waals surface area contributed by atoms with E-state index in [1.165, 1.54) is 66.1 Å². The van der Waals surface area contributed by atoms with E-state index in [2.05, 4.69) is 132 Å². The van der Waals surface area contributed by atoms with Crippen LogP contribution in [0.15, 0.2) is 109 Å². The Balaban J connectivity index is 1.75. The number of aromatic nitrogens is 2. The third-order valence-corrected chi connectivity index (χ3v) is 7.03. The van der Waals surface area contributed by atoms with E-state index in [4.69, 9.17) is 0 Å². The van der Waals surface area contributed by atoms with Crippen molar-refractivity contribution in [3.63, 3.8) is 0 Å². The second-order valence-electron chi connectivity index (χ2n) is 9.24. The van der Waals surface area contributed by atoms with Gasteiger partial charge in [-0.15, -0.1) is 0 Å². The zero-order chi connectivity index (χ0) is 22.8. The summed E-state index contributed by atoms with van der Waals surface area (Å²) in [6, 6.07) is 39.8. The summed E-state index contributed by atoms with van der Waals surface area (Å²) >= 11 is 0. The van der Waals surface area contributed by atoms with Gasteiger partial charge in [0.1, 0.15) is 0 Å². The molecule has 7 rings (SSSR count). The van der Waals surface area contributed by atoms with Crippen LogP contribution in [0.5, 0.6) is 0 Å². The first-order valence-electron chi connectivity index (χ1n) is 11.8. The Hall–Kier alpha value is -4.30. The molecule has 0 fully saturated rings. The molecule has 0 N–H and O–H groups in total. The third kappa shape index (κ3) is 2.63. The molecule has 0 aliphatic heterocycles. The second-order valence-corrected chi connectivity index (χ2v) is 9.24. The van der Waals surface area contributed by atoms with Gasteiger partial charge in [0.25, 0.3) is 0 Å². The molecular weight excluding hydrogens is 412 g/mol. The monoisotopic (exact) mass is 436 g/mol. The maximum absolute atomic E-state index is 2.45. The molecule has 0 aliphatic rings. The van der Waals surface area contributed by atoms with E-state index >= 15 is 0 Å². The van der Waals surface area contributed by atoms with Crippen LogP contribution < -0.4 is 0 Å². The fourth-order valence-electron chi connectivity index (χ4n) is 5.48. The van der Waals surface area contributed by atoms with Gasteiger partial charge in [-0.25, -0.2) is 0 Å². The van der Waals surface area contributed by atoms with Gasteiger partial charge in [-0.2, -0.15) is 0 Å². The van der Waals surface area contributed by atoms with Gasteiger partial charge in [0.05, 0.1) is 22.1 Å². The van der Waals surface area contributed by atoms with Crippen LogP contribution in [0.1, 0.15) is 11.1 Å². The van der Waals surface area contributed by atoms with Crippen LogP contribution in [0.25, 0.3) is 55.0 Å². The molecule has 0 saturated carbocycles. The Labute approximate surface area is 198 Å². The second kappa shape index (κ2) is 7.10. The lowest BCUT2D eigenvalue weighted by molar-refractivity contribution is 1.17. The van der Waals surface area contributed by atoms with Gasteiger partial charge in [-0.3, -0.25) is 0 Å². The van der Waals surface area contributed by atoms with Crippen molar-refractivity contribution in [1.82, 2.24) is 9.13 Å². The number of benzene rings is 5. The molecule has 2 heterocycles. The fraction of sp³-hybridized carbons (Fsp3) is 0.0625. The van der Waals surface area contributed by atoms with Crippen LogP contribution in [0, 0.1) is 13.8 Å². The van der Waals surface area contributed by atoms with Crippen molar-refractivity contribution >= 4 is 43.6 Å². The summed E-state index contributed by atoms with van der Waals surface area (Å²) in [6.07, 6.45) is 0. The smallest absolute Gasteiger partial charge is 0.0641 e. The Bertz CT molecular complexity index is 1850. The molecule has 0 atom stereocenters. The zero-order valence-corrected chi connectivity index (χ0v) is 19.3. The lowest BCUT2D eigenvalue weighted by atomic mass is 10.1. The molecule has 0 saturated heterocycles. The van der Waals surface area contributed by atoms with Crippen LogP contribution in [0.4, 0.5) is 0 Å². The number of hydrogen-bond acceptors (Lipinski definition) is 0. The average Bonchev–Trinajstić information content (AvgIpc) is 3.37. The largest absolute Gasteiger partial charge is 0.309 e. The van der Waals surface area contributed by atoms with Crippen LogP contribution in [-0.4, -0.2) is 9.13 Å². The first-order chi connectivity index (χ1) is 16.7. The predicted octanol–water partition coefficient (Wildman–Crippen LogP) is 8.50. The highest BCUT2D eigenvalue weighted by molar-refractivity contribution is 6.26. The highest BCUT2D eigenvalue weighted by Gasteiger charge is 2.20. The molecule has 0 aliphatic carbocycles. The third-order valence-electron chi connectivity index (χ3n) is 7.03. The normalized spacial score (nSPS) is 11.8. The minimum absolute atomic E-state index is 1.19. The standard InChI is InChI=1S/C32H24N2/c1-21-12-15-24(16-13-21)33-28-11-7-6-10-27(28)31-29(33)19-18-26-25-17-14-22(2)20-30(25)34(32(26)31)23-8-4-3-5-9-23/h3-20H,1-2H3. The number of para-hydroxylation sites is 2. The molecular formula is C32H24N2. The van der Waals surface area contributed by atoms with Crippen LogP contribution in [0.3, 0.4) is 0 Å². The summed E-state index contributed by atoms with van der Waals surface area (Å²) in [5, 5.41) is 5.16. The molecule has 34 heavy (non-hydrogen) atoms. The van der Waals surface area contributed by atoms with Gasteiger partial charge in [0.15, 0.2) is 0 Å². The molecule has 5 aromatic carbocycles. The van der Waals surface area contributed by atoms with Crippen molar-refractivity contribution in [2.75, 3.05) is 0 Å². The van der Waals surface area contributed by atoms with Crippen LogP contribution in [0.2, 0.25) is 0 Å². The molecule has 2 aromatic heterocycles. The molecule has 2 nitrogen and oxygen atoms in total. The summed E-state index contributed by atoms with van der Waals surface area (Å²) in [5.41, 5.74) is 9.90. The quantitative estimate of drug-likeness (QED) is 0.257. The number of hydrogen-bond donors (Lipinski definition) is 0. The van der Waals surface area contributed by atoms with Crippen molar-refractivity contribution in [3.8, 4) is 11.4 Å². The summed E-state index contributed by atoms with van der Waals surface area (Å²) < 4.78 is 4.85. The molecule has 2 heteroatoms. The van der Waals surface area contributed by atoms with Crippen molar-refractivity contribution in [2.45, 2.75) is 13.8 Å². The maximum Gasteiger partial charge on any atom is 0.0641 e. The molecule has 7 aromatic rings. The highest BCUT2D eigenvalue weighted by Crippen LogP contribution is 2.41. The van der Waals surface area contributed by atoms with E-state index in [1.807, 2.05) is 0 Å². The van der Waals surface area contributed by atoms with Crippen molar-refractivity contribution in [1.29, 1.82) is 0 Å². The molecule has 0 radical (unpaired) electrons. The predicted molar refractivity (Wildman–Crippen MR) is 145 cm³/mol. The Morgan fingerprint density at radius 2 is 1.12 bits per heavy atom. The maximum atomic E-state index is 2.45. The van der Waals surface area contributed by atoms with Crippen molar-refractivity contribution in [2.24, 2.45) is 0 Å². The summed E-state index contributed by atoms with van der Waals surface area (Å²) in [7, 11) is 0. The first kappa shape index (κ1) is 19.2. The summed E-state index contributed by atoms with van der Waals surface area (Å²) in [4.78, 5) is 0. The topological polar surface area (TPSA) is 9.86 Å². The molecule has 0 unspecified atom stereocenters. The first-order valence-corrected chi connectivity index (χ1v) is 11.8. The Morgan fingerprint density at radius 1 is 0.441 bits per heavy atom. The van der Waals surface area contributed by atoms with E-state index in [1.54, 1.807) is 0 Å². The zero-order valence-electron chi connectivity index (χ0n) is 19.3. The van der Waals surface area contributed by atoms with Gasteiger partial charge < -0.3 is 9.13 Å². The van der Waals surface area contributed by atoms with Gasteiger partial charge in [-0.1, -0.05) is 72.3 Å². The summed E-state index contributed by atoms with van der Waals surface area (Å²) in [6.45, 7) is 4.31. The Morgan fingerprint density at radius 3 is 1.94 bits per heavy atom. The molecule has 162 valence electrons. The molecule has 0 amide bonds. The van der Waals surface area contributed by atoms with E-state index in [-0.39, 0.29) is 0 Å². The van der Waals surface area contributed by atoms with E-state index < -0.39 is 0 Å². The van der Waals surface area contributed by atoms with E-state index in [0.717, 1.165) is 0 Å². The van der Waals surface area contributed by atoms with Crippen LogP contribution >= 0.6 is 0 Å². The Kier molecular flexibility index (Phi) is 4.01. The lowest BCUT2D eigenvalue weighted by Crippen LogP contribution is -1.95. The minimum atomic E-state index is 1.19. The minimum Gasteiger partial charge on any atom is -0.309 e. The van der Waals surface area contributed by atoms with Crippen molar-refractivity contribution < 1.29 is 0 Å². The highest BCUT2D eigenvalue weighted by atomic mass is 15.0. The van der Waals surface area contributed by atoms with Gasteiger partial charge in [0.2, 0.25) is 0 Å². The number of fused-ring (bicyclic) bond motifs is 7. The molecule has 0 spiro atoms. The van der Waals surface area contributed by atoms with E-state index in [9.17, 15) is 0 Å². The van der Waals surface area contributed by atoms with Crippen molar-refractivity contribution in [3.05, 3.63) is 120 Å². The number of nitrogens with zero attached hydrogens (tertiary/aromatic N) is 2. The lowest BCUT2D eigenvalue weighted by Gasteiger charge is -2.10. The molecule has 0 bridgehead atoms. The van der Waals surface area contributed by atoms with E-state index in [0.29, 0.717) is 0 Å². The SMILES string of the molecule is Cc1ccc(-n2c3ccccc3c3c2ccc2c4ccc(C)cc4n(-c4ccccc4)c23)cc1. The number of aryl methyl sites for hydroxylation is 2. The summed E-state index contributed by atoms with van der Waals surface area (Å²) in [5.74, 6) is 0. The van der Waals surface area contributed by atoms with Gasteiger partial charge in [-0.05, 0) is 61.9 Å². The fourth-order valence-corrected chi connectivity index (χ4v) is 5.48.